The smallest absolute Gasteiger partial charge is 0.123 e. The third-order valence-electron chi connectivity index (χ3n) is 4.59. The van der Waals surface area contributed by atoms with E-state index in [0.29, 0.717) is 12.6 Å². The summed E-state index contributed by atoms with van der Waals surface area (Å²) in [6, 6.07) is 7.00. The molecule has 0 unspecified atom stereocenters. The van der Waals surface area contributed by atoms with Crippen LogP contribution in [0.1, 0.15) is 18.1 Å². The Balaban J connectivity index is 1.54. The van der Waals surface area contributed by atoms with Crippen molar-refractivity contribution in [2.24, 2.45) is 0 Å². The molecule has 6 heteroatoms. The maximum Gasteiger partial charge on any atom is 0.123 e. The van der Waals surface area contributed by atoms with Crippen molar-refractivity contribution in [2.45, 2.75) is 26.1 Å². The van der Waals surface area contributed by atoms with E-state index in [4.69, 9.17) is 5.11 Å². The number of rotatable bonds is 6. The zero-order chi connectivity index (χ0) is 16.9. The summed E-state index contributed by atoms with van der Waals surface area (Å²) in [6.07, 6.45) is 3.97. The summed E-state index contributed by atoms with van der Waals surface area (Å²) in [5.74, 6) is -0.214. The monoisotopic (exact) mass is 332 g/mol. The number of benzene rings is 1. The molecule has 1 aliphatic heterocycles. The van der Waals surface area contributed by atoms with Gasteiger partial charge in [-0.15, -0.1) is 0 Å². The highest BCUT2D eigenvalue weighted by atomic mass is 19.1. The average molecular weight is 332 g/mol. The molecule has 2 aromatic rings. The first kappa shape index (κ1) is 17.1. The van der Waals surface area contributed by atoms with Crippen LogP contribution < -0.4 is 0 Å². The van der Waals surface area contributed by atoms with Crippen molar-refractivity contribution in [2.75, 3.05) is 32.8 Å². The van der Waals surface area contributed by atoms with Crippen molar-refractivity contribution in [3.63, 3.8) is 0 Å². The van der Waals surface area contributed by atoms with Crippen molar-refractivity contribution < 1.29 is 9.50 Å². The maximum atomic E-state index is 13.0. The minimum atomic E-state index is -0.214. The lowest BCUT2D eigenvalue weighted by Crippen LogP contribution is -2.52. The SMILES string of the molecule is C[C@@H]1CN(Cc2cnn(Cc3ccc(F)cc3)c2)CCN1CCO. The largest absolute Gasteiger partial charge is 0.395 e. The van der Waals surface area contributed by atoms with Crippen LogP contribution in [-0.2, 0) is 13.1 Å². The van der Waals surface area contributed by atoms with E-state index in [2.05, 4.69) is 28.0 Å². The zero-order valence-electron chi connectivity index (χ0n) is 14.1. The fourth-order valence-corrected chi connectivity index (χ4v) is 3.28. The van der Waals surface area contributed by atoms with Crippen LogP contribution >= 0.6 is 0 Å². The fraction of sp³-hybridized carbons (Fsp3) is 0.500. The third kappa shape index (κ3) is 4.41. The highest BCUT2D eigenvalue weighted by Crippen LogP contribution is 2.13. The quantitative estimate of drug-likeness (QED) is 0.872. The van der Waals surface area contributed by atoms with Crippen LogP contribution in [0.25, 0.3) is 0 Å². The number of piperazine rings is 1. The second-order valence-corrected chi connectivity index (χ2v) is 6.52. The predicted octanol–water partition coefficient (Wildman–Crippen LogP) is 1.57. The Kier molecular flexibility index (Phi) is 5.60. The van der Waals surface area contributed by atoms with Gasteiger partial charge in [-0.1, -0.05) is 12.1 Å². The van der Waals surface area contributed by atoms with Crippen molar-refractivity contribution in [1.29, 1.82) is 0 Å². The first-order valence-electron chi connectivity index (χ1n) is 8.47. The van der Waals surface area contributed by atoms with E-state index in [1.165, 1.54) is 17.7 Å². The van der Waals surface area contributed by atoms with Gasteiger partial charge in [0.05, 0.1) is 19.3 Å². The van der Waals surface area contributed by atoms with E-state index in [9.17, 15) is 4.39 Å². The summed E-state index contributed by atoms with van der Waals surface area (Å²) >= 11 is 0. The van der Waals surface area contributed by atoms with Crippen molar-refractivity contribution in [3.05, 3.63) is 53.6 Å². The van der Waals surface area contributed by atoms with Crippen molar-refractivity contribution >= 4 is 0 Å². The van der Waals surface area contributed by atoms with Crippen LogP contribution in [0, 0.1) is 5.82 Å². The summed E-state index contributed by atoms with van der Waals surface area (Å²) in [5.41, 5.74) is 2.23. The molecule has 130 valence electrons. The summed E-state index contributed by atoms with van der Waals surface area (Å²) < 4.78 is 14.8. The van der Waals surface area contributed by atoms with Crippen molar-refractivity contribution in [1.82, 2.24) is 19.6 Å². The highest BCUT2D eigenvalue weighted by molar-refractivity contribution is 5.17. The first-order valence-corrected chi connectivity index (χ1v) is 8.47. The van der Waals surface area contributed by atoms with Gasteiger partial charge in [-0.05, 0) is 24.6 Å². The molecule has 1 atom stereocenters. The molecule has 1 aliphatic rings. The molecule has 0 bridgehead atoms. The number of aliphatic hydroxyl groups is 1. The maximum absolute atomic E-state index is 13.0. The molecule has 1 aromatic heterocycles. The summed E-state index contributed by atoms with van der Waals surface area (Å²) in [5, 5.41) is 13.5. The van der Waals surface area contributed by atoms with E-state index in [1.54, 1.807) is 12.1 Å². The Hall–Kier alpha value is -1.76. The molecule has 1 aromatic carbocycles. The second kappa shape index (κ2) is 7.88. The Bertz CT molecular complexity index is 643. The Morgan fingerprint density at radius 2 is 1.96 bits per heavy atom. The average Bonchev–Trinajstić information content (AvgIpc) is 2.99. The molecule has 5 nitrogen and oxygen atoms in total. The van der Waals surface area contributed by atoms with Crippen LogP contribution in [0.15, 0.2) is 36.7 Å². The molecule has 1 N–H and O–H groups in total. The van der Waals surface area contributed by atoms with Gasteiger partial charge in [0.2, 0.25) is 0 Å². The highest BCUT2D eigenvalue weighted by Gasteiger charge is 2.23. The van der Waals surface area contributed by atoms with Gasteiger partial charge in [0.15, 0.2) is 0 Å². The van der Waals surface area contributed by atoms with Gasteiger partial charge in [-0.2, -0.15) is 5.10 Å². The molecule has 0 spiro atoms. The van der Waals surface area contributed by atoms with Crippen LogP contribution in [0.2, 0.25) is 0 Å². The number of nitrogens with zero attached hydrogens (tertiary/aromatic N) is 4. The van der Waals surface area contributed by atoms with Gasteiger partial charge in [-0.3, -0.25) is 14.5 Å². The molecule has 3 rings (SSSR count). The van der Waals surface area contributed by atoms with Crippen LogP contribution in [0.4, 0.5) is 4.39 Å². The molecule has 1 fully saturated rings. The zero-order valence-corrected chi connectivity index (χ0v) is 14.1. The number of β-amino-alcohol motifs (C(OH)–C–C–N with tert-alkyl or cyclic N) is 1. The molecule has 1 saturated heterocycles. The summed E-state index contributed by atoms with van der Waals surface area (Å²) in [4.78, 5) is 4.76. The van der Waals surface area contributed by atoms with Gasteiger partial charge in [0.25, 0.3) is 0 Å². The van der Waals surface area contributed by atoms with Crippen LogP contribution in [0.5, 0.6) is 0 Å². The number of halogens is 1. The second-order valence-electron chi connectivity index (χ2n) is 6.52. The number of hydrogen-bond acceptors (Lipinski definition) is 4. The van der Waals surface area contributed by atoms with E-state index in [0.717, 1.165) is 38.3 Å². The van der Waals surface area contributed by atoms with Gasteiger partial charge in [-0.25, -0.2) is 4.39 Å². The van der Waals surface area contributed by atoms with Crippen LogP contribution in [-0.4, -0.2) is 63.5 Å². The van der Waals surface area contributed by atoms with Gasteiger partial charge < -0.3 is 5.11 Å². The lowest BCUT2D eigenvalue weighted by Gasteiger charge is -2.39. The number of aromatic nitrogens is 2. The summed E-state index contributed by atoms with van der Waals surface area (Å²) in [7, 11) is 0. The van der Waals surface area contributed by atoms with Crippen molar-refractivity contribution in [3.8, 4) is 0 Å². The predicted molar refractivity (Wildman–Crippen MR) is 91.1 cm³/mol. The van der Waals surface area contributed by atoms with E-state index in [1.807, 2.05) is 10.9 Å². The normalized spacial score (nSPS) is 19.7. The lowest BCUT2D eigenvalue weighted by molar-refractivity contribution is 0.0647. The topological polar surface area (TPSA) is 44.5 Å². The molecule has 0 radical (unpaired) electrons. The standard InChI is InChI=1S/C18H25FN4O/c1-15-11-21(6-7-22(15)8-9-24)12-17-10-20-23(14-17)13-16-2-4-18(19)5-3-16/h2-5,10,14-15,24H,6-9,11-13H2,1H3/t15-/m1/s1. The first-order chi connectivity index (χ1) is 11.6. The Labute approximate surface area is 142 Å². The number of aliphatic hydroxyl groups excluding tert-OH is 1. The Morgan fingerprint density at radius 3 is 2.67 bits per heavy atom. The van der Waals surface area contributed by atoms with Gasteiger partial charge >= 0.3 is 0 Å². The molecule has 0 aliphatic carbocycles. The number of hydrogen-bond donors (Lipinski definition) is 1. The molecule has 0 saturated carbocycles. The molecular formula is C18H25FN4O. The minimum Gasteiger partial charge on any atom is -0.395 e. The third-order valence-corrected chi connectivity index (χ3v) is 4.59. The molecule has 2 heterocycles. The van der Waals surface area contributed by atoms with Gasteiger partial charge in [0.1, 0.15) is 5.82 Å². The molecule has 0 amide bonds. The summed E-state index contributed by atoms with van der Waals surface area (Å²) in [6.45, 7) is 7.73. The lowest BCUT2D eigenvalue weighted by atomic mass is 10.1. The van der Waals surface area contributed by atoms with Gasteiger partial charge in [0, 0.05) is 50.5 Å². The molecular weight excluding hydrogens is 307 g/mol. The van der Waals surface area contributed by atoms with E-state index >= 15 is 0 Å². The van der Waals surface area contributed by atoms with E-state index < -0.39 is 0 Å². The minimum absolute atomic E-state index is 0.214. The van der Waals surface area contributed by atoms with Crippen LogP contribution in [0.3, 0.4) is 0 Å². The Morgan fingerprint density at radius 1 is 1.17 bits per heavy atom. The fourth-order valence-electron chi connectivity index (χ4n) is 3.28. The van der Waals surface area contributed by atoms with E-state index in [-0.39, 0.29) is 12.4 Å². The molecule has 24 heavy (non-hydrogen) atoms.